The van der Waals surface area contributed by atoms with Crippen LogP contribution in [0.4, 0.5) is 10.1 Å². The van der Waals surface area contributed by atoms with Crippen LogP contribution in [-0.4, -0.2) is 43.8 Å². The summed E-state index contributed by atoms with van der Waals surface area (Å²) in [5.41, 5.74) is 2.59. The van der Waals surface area contributed by atoms with Crippen molar-refractivity contribution >= 4 is 39.1 Å². The van der Waals surface area contributed by atoms with Crippen LogP contribution in [0.1, 0.15) is 54.4 Å². The molecule has 0 heterocycles. The van der Waals surface area contributed by atoms with Gasteiger partial charge < -0.3 is 10.2 Å². The van der Waals surface area contributed by atoms with Crippen molar-refractivity contribution < 1.29 is 22.4 Å². The molecule has 5 rings (SSSR count). The molecule has 252 valence electrons. The fourth-order valence-corrected chi connectivity index (χ4v) is 7.77. The van der Waals surface area contributed by atoms with Crippen LogP contribution in [0.5, 0.6) is 0 Å². The Kier molecular flexibility index (Phi) is 11.5. The van der Waals surface area contributed by atoms with Gasteiger partial charge in [-0.15, -0.1) is 0 Å². The highest BCUT2D eigenvalue weighted by atomic mass is 35.5. The summed E-state index contributed by atoms with van der Waals surface area (Å²) in [7, 11) is -4.29. The van der Waals surface area contributed by atoms with Gasteiger partial charge in [-0.2, -0.15) is 0 Å². The second-order valence-corrected chi connectivity index (χ2v) is 14.6. The third kappa shape index (κ3) is 8.44. The third-order valence-electron chi connectivity index (χ3n) is 8.92. The van der Waals surface area contributed by atoms with Gasteiger partial charge in [0.05, 0.1) is 10.6 Å². The van der Waals surface area contributed by atoms with Gasteiger partial charge in [0.25, 0.3) is 10.0 Å². The highest BCUT2D eigenvalue weighted by molar-refractivity contribution is 7.92. The summed E-state index contributed by atoms with van der Waals surface area (Å²) in [6, 6.07) is 25.5. The summed E-state index contributed by atoms with van der Waals surface area (Å²) in [4.78, 5) is 30.2. The number of carbonyl (C=O) groups is 2. The molecule has 0 radical (unpaired) electrons. The van der Waals surface area contributed by atoms with Gasteiger partial charge in [0.15, 0.2) is 0 Å². The van der Waals surface area contributed by atoms with E-state index in [2.05, 4.69) is 5.32 Å². The van der Waals surface area contributed by atoms with Crippen molar-refractivity contribution in [2.24, 2.45) is 0 Å². The maximum absolute atomic E-state index is 15.2. The first-order valence-electron chi connectivity index (χ1n) is 16.3. The number of amides is 2. The Bertz CT molecular complexity index is 1830. The van der Waals surface area contributed by atoms with E-state index in [-0.39, 0.29) is 41.1 Å². The molecule has 4 aromatic carbocycles. The Balaban J connectivity index is 1.59. The Morgan fingerprint density at radius 2 is 1.54 bits per heavy atom. The summed E-state index contributed by atoms with van der Waals surface area (Å²) < 4.78 is 44.8. The number of aryl methyl sites for hydroxylation is 1. The fourth-order valence-electron chi connectivity index (χ4n) is 6.13. The molecule has 1 aliphatic rings. The second-order valence-electron chi connectivity index (χ2n) is 12.4. The van der Waals surface area contributed by atoms with Crippen LogP contribution in [0, 0.1) is 19.7 Å². The van der Waals surface area contributed by atoms with Crippen LogP contribution in [0.25, 0.3) is 0 Å². The lowest BCUT2D eigenvalue weighted by atomic mass is 9.94. The quantitative estimate of drug-likeness (QED) is 0.168. The Hall–Kier alpha value is -4.21. The smallest absolute Gasteiger partial charge is 0.264 e. The number of nitrogens with zero attached hydrogens (tertiary/aromatic N) is 2. The van der Waals surface area contributed by atoms with Gasteiger partial charge in [0, 0.05) is 29.6 Å². The van der Waals surface area contributed by atoms with Gasteiger partial charge in [0.2, 0.25) is 11.8 Å². The van der Waals surface area contributed by atoms with E-state index < -0.39 is 34.3 Å². The predicted octanol–water partition coefficient (Wildman–Crippen LogP) is 7.38. The average Bonchev–Trinajstić information content (AvgIpc) is 3.08. The van der Waals surface area contributed by atoms with Gasteiger partial charge in [0.1, 0.15) is 18.4 Å². The molecular formula is C38H41ClFN3O4S. The highest BCUT2D eigenvalue weighted by Crippen LogP contribution is 2.32. The van der Waals surface area contributed by atoms with Crippen LogP contribution in [0.3, 0.4) is 0 Å². The number of benzene rings is 4. The van der Waals surface area contributed by atoms with E-state index in [0.29, 0.717) is 10.6 Å². The minimum absolute atomic E-state index is 0.00296. The van der Waals surface area contributed by atoms with Crippen molar-refractivity contribution in [1.29, 1.82) is 0 Å². The molecule has 0 aliphatic heterocycles. The molecule has 7 nitrogen and oxygen atoms in total. The SMILES string of the molecule is Cc1ccc(S(=O)(=O)N(CC(=O)N(Cc2ccccc2F)C(Cc2ccccc2)C(=O)NC2CCCCC2)c2cccc(Cl)c2C)cc1. The molecule has 0 saturated heterocycles. The highest BCUT2D eigenvalue weighted by Gasteiger charge is 2.36. The van der Waals surface area contributed by atoms with E-state index in [9.17, 15) is 18.0 Å². The lowest BCUT2D eigenvalue weighted by molar-refractivity contribution is -0.140. The molecule has 1 fully saturated rings. The zero-order chi connectivity index (χ0) is 34.3. The van der Waals surface area contributed by atoms with Crippen LogP contribution < -0.4 is 9.62 Å². The molecule has 0 spiro atoms. The number of hydrogen-bond donors (Lipinski definition) is 1. The van der Waals surface area contributed by atoms with Crippen molar-refractivity contribution in [3.63, 3.8) is 0 Å². The van der Waals surface area contributed by atoms with E-state index in [1.54, 1.807) is 55.5 Å². The van der Waals surface area contributed by atoms with Gasteiger partial charge >= 0.3 is 0 Å². The Morgan fingerprint density at radius 1 is 0.875 bits per heavy atom. The number of halogens is 2. The summed E-state index contributed by atoms with van der Waals surface area (Å²) in [5, 5.41) is 3.50. The first kappa shape index (κ1) is 35.1. The summed E-state index contributed by atoms with van der Waals surface area (Å²) in [6.45, 7) is 2.65. The van der Waals surface area contributed by atoms with Gasteiger partial charge in [-0.25, -0.2) is 12.8 Å². The number of anilines is 1. The largest absolute Gasteiger partial charge is 0.352 e. The zero-order valence-corrected chi connectivity index (χ0v) is 28.8. The molecule has 1 N–H and O–H groups in total. The maximum atomic E-state index is 15.2. The topological polar surface area (TPSA) is 86.8 Å². The molecule has 0 aromatic heterocycles. The van der Waals surface area contributed by atoms with Crippen molar-refractivity contribution in [2.75, 3.05) is 10.8 Å². The number of carbonyl (C=O) groups excluding carboxylic acids is 2. The molecule has 0 bridgehead atoms. The molecule has 10 heteroatoms. The minimum atomic E-state index is -4.29. The van der Waals surface area contributed by atoms with Crippen LogP contribution in [0.15, 0.2) is 102 Å². The molecule has 48 heavy (non-hydrogen) atoms. The Labute approximate surface area is 287 Å². The van der Waals surface area contributed by atoms with E-state index in [4.69, 9.17) is 11.6 Å². The molecule has 1 unspecified atom stereocenters. The van der Waals surface area contributed by atoms with Gasteiger partial charge in [-0.3, -0.25) is 13.9 Å². The Morgan fingerprint density at radius 3 is 2.23 bits per heavy atom. The van der Waals surface area contributed by atoms with Crippen molar-refractivity contribution in [2.45, 2.75) is 75.9 Å². The number of sulfonamides is 1. The van der Waals surface area contributed by atoms with E-state index in [1.807, 2.05) is 37.3 Å². The monoisotopic (exact) mass is 689 g/mol. The molecule has 2 amide bonds. The van der Waals surface area contributed by atoms with Crippen molar-refractivity contribution in [3.05, 3.63) is 130 Å². The molecule has 4 aromatic rings. The van der Waals surface area contributed by atoms with E-state index in [0.717, 1.165) is 47.5 Å². The van der Waals surface area contributed by atoms with E-state index in [1.165, 1.54) is 23.1 Å². The molecule has 1 aliphatic carbocycles. The fraction of sp³-hybridized carbons (Fsp3) is 0.316. The zero-order valence-electron chi connectivity index (χ0n) is 27.2. The molecule has 1 atom stereocenters. The lowest BCUT2D eigenvalue weighted by Crippen LogP contribution is -2.55. The first-order valence-corrected chi connectivity index (χ1v) is 18.1. The van der Waals surface area contributed by atoms with E-state index >= 15 is 4.39 Å². The van der Waals surface area contributed by atoms with Gasteiger partial charge in [-0.1, -0.05) is 103 Å². The van der Waals surface area contributed by atoms with Gasteiger partial charge in [-0.05, 0) is 68.1 Å². The number of rotatable bonds is 12. The number of hydrogen-bond acceptors (Lipinski definition) is 4. The second kappa shape index (κ2) is 15.8. The lowest BCUT2D eigenvalue weighted by Gasteiger charge is -2.35. The normalized spacial score (nSPS) is 14.2. The maximum Gasteiger partial charge on any atom is 0.264 e. The average molecular weight is 690 g/mol. The summed E-state index contributed by atoms with van der Waals surface area (Å²) >= 11 is 6.46. The predicted molar refractivity (Wildman–Crippen MR) is 188 cm³/mol. The summed E-state index contributed by atoms with van der Waals surface area (Å²) in [6.07, 6.45) is 4.92. The molecular weight excluding hydrogens is 649 g/mol. The van der Waals surface area contributed by atoms with Crippen molar-refractivity contribution in [3.8, 4) is 0 Å². The standard InChI is InChI=1S/C38H41ClFN3O4S/c1-27-20-22-32(23-21-27)48(46,47)43(35-19-11-17-33(39)28(35)2)26-37(44)42(25-30-14-9-10-18-34(30)40)36(24-29-12-5-3-6-13-29)38(45)41-31-15-7-4-8-16-31/h3,5-6,9-14,17-23,31,36H,4,7-8,15-16,24-26H2,1-2H3,(H,41,45). The number of nitrogens with one attached hydrogen (secondary N) is 1. The van der Waals surface area contributed by atoms with Crippen LogP contribution in [-0.2, 0) is 32.6 Å². The third-order valence-corrected chi connectivity index (χ3v) is 11.1. The van der Waals surface area contributed by atoms with Crippen LogP contribution in [0.2, 0.25) is 5.02 Å². The van der Waals surface area contributed by atoms with Crippen LogP contribution >= 0.6 is 11.6 Å². The van der Waals surface area contributed by atoms with Crippen molar-refractivity contribution in [1.82, 2.24) is 10.2 Å². The molecule has 1 saturated carbocycles. The summed E-state index contributed by atoms with van der Waals surface area (Å²) in [5.74, 6) is -1.55. The first-order chi connectivity index (χ1) is 23.0. The minimum Gasteiger partial charge on any atom is -0.352 e.